The van der Waals surface area contributed by atoms with Gasteiger partial charge in [-0.25, -0.2) is 0 Å². The minimum Gasteiger partial charge on any atom is -0.396 e. The Bertz CT molecular complexity index is 1100. The van der Waals surface area contributed by atoms with Gasteiger partial charge in [0.2, 0.25) is 0 Å². The van der Waals surface area contributed by atoms with Gasteiger partial charge in [0.25, 0.3) is 0 Å². The maximum Gasteiger partial charge on any atom is 0.0433 e. The lowest BCUT2D eigenvalue weighted by Gasteiger charge is -2.35. The summed E-state index contributed by atoms with van der Waals surface area (Å²) in [5, 5.41) is 16.0. The molecule has 0 bridgehead atoms. The fourth-order valence-electron chi connectivity index (χ4n) is 6.14. The van der Waals surface area contributed by atoms with Crippen molar-refractivity contribution in [2.24, 2.45) is 17.8 Å². The van der Waals surface area contributed by atoms with E-state index in [9.17, 15) is 5.11 Å². The summed E-state index contributed by atoms with van der Waals surface area (Å²) in [6.07, 6.45) is 3.32. The molecule has 4 aromatic rings. The first kappa shape index (κ1) is 25.4. The van der Waals surface area contributed by atoms with Gasteiger partial charge in [-0.1, -0.05) is 128 Å². The summed E-state index contributed by atoms with van der Waals surface area (Å²) in [5.74, 6) is 1.74. The molecule has 0 aromatic heterocycles. The summed E-state index contributed by atoms with van der Waals surface area (Å²) in [5.41, 5.74) is 0.605. The minimum atomic E-state index is -0.495. The van der Waals surface area contributed by atoms with Gasteiger partial charge in [-0.3, -0.25) is 0 Å². The van der Waals surface area contributed by atoms with Crippen molar-refractivity contribution in [3.05, 3.63) is 121 Å². The molecule has 0 amide bonds. The first-order chi connectivity index (χ1) is 17.8. The lowest BCUT2D eigenvalue weighted by atomic mass is 9.89. The molecule has 0 aliphatic heterocycles. The van der Waals surface area contributed by atoms with Crippen molar-refractivity contribution in [2.75, 3.05) is 12.8 Å². The summed E-state index contributed by atoms with van der Waals surface area (Å²) in [6, 6.07) is 44.8. The zero-order valence-corrected chi connectivity index (χ0v) is 22.8. The average Bonchev–Trinajstić information content (AvgIpc) is 3.24. The average molecular weight is 511 g/mol. The Morgan fingerprint density at radius 1 is 0.611 bits per heavy atom. The number of hydrogen-bond acceptors (Lipinski definition) is 1. The zero-order valence-electron chi connectivity index (χ0n) is 21.0. The molecular weight excluding hydrogens is 474 g/mol. The van der Waals surface area contributed by atoms with E-state index in [0.717, 1.165) is 6.42 Å². The van der Waals surface area contributed by atoms with Crippen LogP contribution >= 0.6 is 15.8 Å². The third-order valence-electron chi connectivity index (χ3n) is 7.78. The molecule has 0 saturated heterocycles. The van der Waals surface area contributed by atoms with Gasteiger partial charge in [0.15, 0.2) is 0 Å². The van der Waals surface area contributed by atoms with Crippen LogP contribution in [0.3, 0.4) is 0 Å². The lowest BCUT2D eigenvalue weighted by Crippen LogP contribution is -2.31. The van der Waals surface area contributed by atoms with Crippen LogP contribution in [0.2, 0.25) is 0 Å². The second-order valence-electron chi connectivity index (χ2n) is 9.94. The molecule has 0 radical (unpaired) electrons. The molecule has 5 rings (SSSR count). The van der Waals surface area contributed by atoms with Crippen LogP contribution in [0.4, 0.5) is 0 Å². The summed E-state index contributed by atoms with van der Waals surface area (Å²) >= 11 is 0. The molecule has 1 fully saturated rings. The summed E-state index contributed by atoms with van der Waals surface area (Å²) < 4.78 is 0. The molecule has 184 valence electrons. The van der Waals surface area contributed by atoms with Crippen molar-refractivity contribution in [1.82, 2.24) is 0 Å². The second kappa shape index (κ2) is 12.3. The fourth-order valence-corrected chi connectivity index (χ4v) is 12.3. The van der Waals surface area contributed by atoms with E-state index < -0.39 is 15.8 Å². The summed E-state index contributed by atoms with van der Waals surface area (Å²) in [6.45, 7) is 2.71. The molecule has 3 heteroatoms. The van der Waals surface area contributed by atoms with Crippen LogP contribution in [0.1, 0.15) is 19.8 Å². The molecule has 1 N–H and O–H groups in total. The van der Waals surface area contributed by atoms with E-state index in [1.54, 1.807) is 0 Å². The number of aliphatic hydroxyl groups excluding tert-OH is 1. The highest BCUT2D eigenvalue weighted by Gasteiger charge is 2.45. The van der Waals surface area contributed by atoms with E-state index in [0.29, 0.717) is 23.4 Å². The van der Waals surface area contributed by atoms with Gasteiger partial charge in [0.05, 0.1) is 0 Å². The minimum absolute atomic E-state index is 0.279. The van der Waals surface area contributed by atoms with Crippen molar-refractivity contribution >= 4 is 37.1 Å². The van der Waals surface area contributed by atoms with Crippen LogP contribution in [0.5, 0.6) is 0 Å². The van der Waals surface area contributed by atoms with E-state index in [1.807, 2.05) is 0 Å². The molecule has 0 unspecified atom stereocenters. The van der Waals surface area contributed by atoms with Crippen LogP contribution < -0.4 is 21.2 Å². The van der Waals surface area contributed by atoms with Crippen molar-refractivity contribution in [1.29, 1.82) is 0 Å². The van der Waals surface area contributed by atoms with Crippen molar-refractivity contribution in [2.45, 2.75) is 25.4 Å². The summed E-state index contributed by atoms with van der Waals surface area (Å²) in [4.78, 5) is 0. The number of hydrogen-bond donors (Lipinski definition) is 1. The van der Waals surface area contributed by atoms with Gasteiger partial charge >= 0.3 is 0 Å². The third-order valence-corrected chi connectivity index (χ3v) is 13.4. The molecule has 1 saturated carbocycles. The predicted molar refractivity (Wildman–Crippen MR) is 159 cm³/mol. The summed E-state index contributed by atoms with van der Waals surface area (Å²) in [7, 11) is -0.974. The highest BCUT2D eigenvalue weighted by Crippen LogP contribution is 2.57. The van der Waals surface area contributed by atoms with Crippen molar-refractivity contribution < 1.29 is 5.11 Å². The Hall–Kier alpha value is -2.30. The predicted octanol–water partition coefficient (Wildman–Crippen LogP) is 6.28. The van der Waals surface area contributed by atoms with Gasteiger partial charge in [0, 0.05) is 6.61 Å². The quantitative estimate of drug-likeness (QED) is 0.263. The molecule has 1 nitrogen and oxygen atoms in total. The van der Waals surface area contributed by atoms with Crippen LogP contribution in [0, 0.1) is 17.8 Å². The first-order valence-corrected chi connectivity index (χ1v) is 16.1. The molecule has 1 aliphatic carbocycles. The number of benzene rings is 4. The molecule has 0 heterocycles. The Morgan fingerprint density at radius 3 is 1.44 bits per heavy atom. The first-order valence-electron chi connectivity index (χ1n) is 13.1. The van der Waals surface area contributed by atoms with Gasteiger partial charge in [-0.15, -0.1) is 0 Å². The Morgan fingerprint density at radius 2 is 1.03 bits per heavy atom. The van der Waals surface area contributed by atoms with Crippen molar-refractivity contribution in [3.8, 4) is 0 Å². The van der Waals surface area contributed by atoms with E-state index in [1.165, 1.54) is 33.8 Å². The van der Waals surface area contributed by atoms with Crippen LogP contribution in [0.25, 0.3) is 0 Å². The Kier molecular flexibility index (Phi) is 8.66. The topological polar surface area (TPSA) is 20.2 Å². The molecule has 4 aromatic carbocycles. The van der Waals surface area contributed by atoms with E-state index in [-0.39, 0.29) is 6.61 Å². The zero-order chi connectivity index (χ0) is 24.7. The van der Waals surface area contributed by atoms with E-state index >= 15 is 0 Å². The van der Waals surface area contributed by atoms with Crippen molar-refractivity contribution in [3.63, 3.8) is 0 Å². The maximum atomic E-state index is 10.1. The number of aliphatic hydroxyl groups is 1. The molecular formula is C33H36OP2. The Balaban J connectivity index is 1.58. The lowest BCUT2D eigenvalue weighted by molar-refractivity contribution is 0.219. The highest BCUT2D eigenvalue weighted by molar-refractivity contribution is 7.74. The normalized spacial score (nSPS) is 21.8. The highest BCUT2D eigenvalue weighted by atomic mass is 31.1. The van der Waals surface area contributed by atoms with Gasteiger partial charge in [0.1, 0.15) is 0 Å². The molecule has 0 spiro atoms. The smallest absolute Gasteiger partial charge is 0.0433 e. The Labute approximate surface area is 219 Å². The van der Waals surface area contributed by atoms with Crippen LogP contribution in [0.15, 0.2) is 121 Å². The van der Waals surface area contributed by atoms with Gasteiger partial charge in [-0.05, 0) is 79.5 Å². The molecule has 4 atom stereocenters. The maximum absolute atomic E-state index is 10.1. The third kappa shape index (κ3) is 5.65. The fraction of sp³-hybridized carbons (Fsp3) is 0.273. The second-order valence-corrected chi connectivity index (χ2v) is 14.6. The van der Waals surface area contributed by atoms with E-state index in [2.05, 4.69) is 128 Å². The standard InChI is InChI=1S/C33H36OP2/c1-26-24-33(36(29-18-10-4-11-19-29)30-20-12-5-13-21-30)32(31(26)22-23-34)25-35(27-14-6-2-7-15-27)28-16-8-3-9-17-28/h2-21,26,31-34H,22-25H2,1H3/t26-,31-,32+,33-/m1/s1. The SMILES string of the molecule is C[C@@H]1C[C@@H](P(c2ccccc2)c2ccccc2)[C@@H](CP(c2ccccc2)c2ccccc2)[C@@H]1CCO. The van der Waals surface area contributed by atoms with E-state index in [4.69, 9.17) is 0 Å². The van der Waals surface area contributed by atoms with Crippen LogP contribution in [-0.2, 0) is 0 Å². The van der Waals surface area contributed by atoms with Gasteiger partial charge in [-0.2, -0.15) is 0 Å². The molecule has 1 aliphatic rings. The molecule has 36 heavy (non-hydrogen) atoms. The van der Waals surface area contributed by atoms with Gasteiger partial charge < -0.3 is 5.11 Å². The van der Waals surface area contributed by atoms with Crippen LogP contribution in [-0.4, -0.2) is 23.5 Å². The number of rotatable bonds is 9. The largest absolute Gasteiger partial charge is 0.396 e. The monoisotopic (exact) mass is 510 g/mol.